The van der Waals surface area contributed by atoms with Crippen LogP contribution < -0.4 is 5.32 Å². The van der Waals surface area contributed by atoms with E-state index < -0.39 is 24.1 Å². The lowest BCUT2D eigenvalue weighted by molar-refractivity contribution is -0.166. The first-order valence-corrected chi connectivity index (χ1v) is 3.94. The van der Waals surface area contributed by atoms with Crippen molar-refractivity contribution in [3.05, 3.63) is 0 Å². The number of piperidine rings is 1. The van der Waals surface area contributed by atoms with Gasteiger partial charge in [-0.15, -0.1) is 12.4 Å². The van der Waals surface area contributed by atoms with Crippen molar-refractivity contribution in [1.82, 2.24) is 5.32 Å². The number of hydrogen-bond donors (Lipinski definition) is 2. The summed E-state index contributed by atoms with van der Waals surface area (Å²) in [6, 6.07) is -1.54. The number of carboxylic acid groups (broad SMARTS) is 1. The summed E-state index contributed by atoms with van der Waals surface area (Å²) in [6.45, 7) is -0.0977. The highest BCUT2D eigenvalue weighted by molar-refractivity contribution is 5.85. The predicted molar refractivity (Wildman–Crippen MR) is 45.5 cm³/mol. The molecule has 2 N–H and O–H groups in total. The van der Waals surface area contributed by atoms with E-state index in [0.717, 1.165) is 0 Å². The van der Waals surface area contributed by atoms with E-state index in [-0.39, 0.29) is 31.8 Å². The van der Waals surface area contributed by atoms with Crippen molar-refractivity contribution in [2.75, 3.05) is 6.54 Å². The maximum Gasteiger partial charge on any atom is 0.403 e. The van der Waals surface area contributed by atoms with Gasteiger partial charge in [0, 0.05) is 6.54 Å². The molecule has 0 amide bonds. The molecule has 1 aliphatic heterocycles. The zero-order valence-corrected chi connectivity index (χ0v) is 7.99. The Morgan fingerprint density at radius 2 is 1.93 bits per heavy atom. The molecule has 0 aromatic heterocycles. The molecule has 0 bridgehead atoms. The largest absolute Gasteiger partial charge is 0.481 e. The van der Waals surface area contributed by atoms with Crippen LogP contribution in [0.4, 0.5) is 13.2 Å². The lowest BCUT2D eigenvalue weighted by atomic mass is 9.95. The molecule has 2 atom stereocenters. The molecule has 1 fully saturated rings. The lowest BCUT2D eigenvalue weighted by Crippen LogP contribution is -2.49. The van der Waals surface area contributed by atoms with Crippen molar-refractivity contribution in [1.29, 1.82) is 0 Å². The van der Waals surface area contributed by atoms with E-state index in [1.54, 1.807) is 0 Å². The van der Waals surface area contributed by atoms with Gasteiger partial charge in [-0.3, -0.25) is 4.79 Å². The number of aliphatic carboxylic acids is 1. The fourth-order valence-corrected chi connectivity index (χ4v) is 1.35. The van der Waals surface area contributed by atoms with E-state index in [0.29, 0.717) is 0 Å². The van der Waals surface area contributed by atoms with Gasteiger partial charge in [-0.25, -0.2) is 0 Å². The summed E-state index contributed by atoms with van der Waals surface area (Å²) in [4.78, 5) is 10.4. The van der Waals surface area contributed by atoms with Crippen LogP contribution >= 0.6 is 12.4 Å². The number of halogens is 4. The van der Waals surface area contributed by atoms with Crippen LogP contribution in [0.3, 0.4) is 0 Å². The fourth-order valence-electron chi connectivity index (χ4n) is 1.35. The van der Waals surface area contributed by atoms with Crippen LogP contribution in [0.25, 0.3) is 0 Å². The van der Waals surface area contributed by atoms with E-state index >= 15 is 0 Å². The third-order valence-electron chi connectivity index (χ3n) is 2.16. The summed E-state index contributed by atoms with van der Waals surface area (Å²) in [5, 5.41) is 10.7. The van der Waals surface area contributed by atoms with Gasteiger partial charge in [-0.05, 0) is 12.8 Å². The van der Waals surface area contributed by atoms with Crippen LogP contribution in [0.15, 0.2) is 0 Å². The average molecular weight is 234 g/mol. The number of alkyl halides is 3. The minimum absolute atomic E-state index is 0. The molecule has 1 saturated heterocycles. The SMILES string of the molecule is Cl.O=C(O)[C@H]1CC[C@@H](C(F)(F)F)NC1. The third kappa shape index (κ3) is 3.34. The van der Waals surface area contributed by atoms with Crippen molar-refractivity contribution < 1.29 is 23.1 Å². The average Bonchev–Trinajstić information content (AvgIpc) is 2.03. The highest BCUT2D eigenvalue weighted by Gasteiger charge is 2.42. The Kier molecular flexibility index (Phi) is 4.67. The summed E-state index contributed by atoms with van der Waals surface area (Å²) in [5.74, 6) is -1.72. The van der Waals surface area contributed by atoms with E-state index in [1.807, 2.05) is 0 Å². The number of carboxylic acids is 1. The molecule has 0 aromatic rings. The third-order valence-corrected chi connectivity index (χ3v) is 2.16. The number of carbonyl (C=O) groups is 1. The van der Waals surface area contributed by atoms with Gasteiger partial charge in [-0.2, -0.15) is 13.2 Å². The quantitative estimate of drug-likeness (QED) is 0.720. The van der Waals surface area contributed by atoms with Gasteiger partial charge in [-0.1, -0.05) is 0 Å². The molecule has 1 aliphatic rings. The zero-order chi connectivity index (χ0) is 10.1. The molecule has 0 saturated carbocycles. The molecule has 0 aromatic carbocycles. The molecule has 84 valence electrons. The van der Waals surface area contributed by atoms with Gasteiger partial charge < -0.3 is 10.4 Å². The van der Waals surface area contributed by atoms with Crippen LogP contribution in [0, 0.1) is 5.92 Å². The van der Waals surface area contributed by atoms with Crippen molar-refractivity contribution in [2.45, 2.75) is 25.1 Å². The van der Waals surface area contributed by atoms with Gasteiger partial charge in [0.1, 0.15) is 6.04 Å². The maximum atomic E-state index is 12.1. The summed E-state index contributed by atoms with van der Waals surface area (Å²) in [6.07, 6.45) is -4.32. The molecule has 0 spiro atoms. The highest BCUT2D eigenvalue weighted by Crippen LogP contribution is 2.27. The smallest absolute Gasteiger partial charge is 0.403 e. The molecular formula is C7H11ClF3NO2. The monoisotopic (exact) mass is 233 g/mol. The Balaban J connectivity index is 0.00000169. The topological polar surface area (TPSA) is 49.3 Å². The van der Waals surface area contributed by atoms with Gasteiger partial charge in [0.2, 0.25) is 0 Å². The molecule has 0 radical (unpaired) electrons. The number of nitrogens with one attached hydrogen (secondary N) is 1. The first-order valence-electron chi connectivity index (χ1n) is 3.94. The van der Waals surface area contributed by atoms with Gasteiger partial charge >= 0.3 is 12.1 Å². The van der Waals surface area contributed by atoms with Crippen LogP contribution in [-0.2, 0) is 4.79 Å². The molecule has 0 aliphatic carbocycles. The van der Waals surface area contributed by atoms with E-state index in [2.05, 4.69) is 5.32 Å². The Labute approximate surface area is 85.1 Å². The van der Waals surface area contributed by atoms with E-state index in [9.17, 15) is 18.0 Å². The minimum atomic E-state index is -4.26. The summed E-state index contributed by atoms with van der Waals surface area (Å²) < 4.78 is 36.2. The first-order chi connectivity index (χ1) is 5.91. The van der Waals surface area contributed by atoms with Crippen LogP contribution in [0.1, 0.15) is 12.8 Å². The lowest BCUT2D eigenvalue weighted by Gasteiger charge is -2.28. The Morgan fingerprint density at radius 3 is 2.21 bits per heavy atom. The molecule has 3 nitrogen and oxygen atoms in total. The van der Waals surface area contributed by atoms with Crippen molar-refractivity contribution in [2.24, 2.45) is 5.92 Å². The second-order valence-electron chi connectivity index (χ2n) is 3.11. The number of hydrogen-bond acceptors (Lipinski definition) is 2. The standard InChI is InChI=1S/C7H10F3NO2.ClH/c8-7(9,10)5-2-1-4(3-11-5)6(12)13;/h4-5,11H,1-3H2,(H,12,13);1H/t4-,5-;/m0./s1. The fraction of sp³-hybridized carbons (Fsp3) is 0.857. The zero-order valence-electron chi connectivity index (χ0n) is 7.17. The van der Waals surface area contributed by atoms with Gasteiger partial charge in [0.15, 0.2) is 0 Å². The minimum Gasteiger partial charge on any atom is -0.481 e. The molecule has 1 rings (SSSR count). The van der Waals surface area contributed by atoms with Gasteiger partial charge in [0.25, 0.3) is 0 Å². The van der Waals surface area contributed by atoms with E-state index in [4.69, 9.17) is 5.11 Å². The molecule has 14 heavy (non-hydrogen) atoms. The van der Waals surface area contributed by atoms with E-state index in [1.165, 1.54) is 0 Å². The van der Waals surface area contributed by atoms with Crippen LogP contribution in [-0.4, -0.2) is 29.8 Å². The molecule has 7 heteroatoms. The Hall–Kier alpha value is -0.490. The van der Waals surface area contributed by atoms with Crippen molar-refractivity contribution >= 4 is 18.4 Å². The molecule has 1 heterocycles. The predicted octanol–water partition coefficient (Wildman–Crippen LogP) is 1.42. The second-order valence-corrected chi connectivity index (χ2v) is 3.11. The number of rotatable bonds is 1. The summed E-state index contributed by atoms with van der Waals surface area (Å²) >= 11 is 0. The normalized spacial score (nSPS) is 27.9. The van der Waals surface area contributed by atoms with Crippen LogP contribution in [0.5, 0.6) is 0 Å². The van der Waals surface area contributed by atoms with Crippen molar-refractivity contribution in [3.63, 3.8) is 0 Å². The Morgan fingerprint density at radius 1 is 1.36 bits per heavy atom. The van der Waals surface area contributed by atoms with Crippen molar-refractivity contribution in [3.8, 4) is 0 Å². The summed E-state index contributed by atoms with van der Waals surface area (Å²) in [7, 11) is 0. The Bertz CT molecular complexity index is 202. The van der Waals surface area contributed by atoms with Crippen LogP contribution in [0.2, 0.25) is 0 Å². The molecule has 0 unspecified atom stereocenters. The first kappa shape index (κ1) is 13.5. The summed E-state index contributed by atoms with van der Waals surface area (Å²) in [5.41, 5.74) is 0. The molecular weight excluding hydrogens is 223 g/mol. The maximum absolute atomic E-state index is 12.1. The second kappa shape index (κ2) is 4.84. The highest BCUT2D eigenvalue weighted by atomic mass is 35.5. The van der Waals surface area contributed by atoms with Gasteiger partial charge in [0.05, 0.1) is 5.92 Å².